The molecule has 0 radical (unpaired) electrons. The van der Waals surface area contributed by atoms with Gasteiger partial charge in [-0.25, -0.2) is 17.2 Å². The molecule has 3 aromatic rings. The van der Waals surface area contributed by atoms with Crippen LogP contribution in [-0.2, 0) is 9.84 Å². The van der Waals surface area contributed by atoms with Crippen LogP contribution in [0.1, 0.15) is 5.69 Å². The van der Waals surface area contributed by atoms with E-state index in [9.17, 15) is 17.2 Å². The van der Waals surface area contributed by atoms with Gasteiger partial charge in [-0.1, -0.05) is 11.8 Å². The van der Waals surface area contributed by atoms with Crippen LogP contribution in [0.25, 0.3) is 10.9 Å². The van der Waals surface area contributed by atoms with Gasteiger partial charge in [0.15, 0.2) is 9.84 Å². The number of hydrogen-bond acceptors (Lipinski definition) is 3. The minimum atomic E-state index is -3.40. The third-order valence-electron chi connectivity index (χ3n) is 3.35. The molecule has 0 saturated heterocycles. The minimum absolute atomic E-state index is 0.150. The number of hydrogen-bond donors (Lipinski definition) is 1. The summed E-state index contributed by atoms with van der Waals surface area (Å²) in [5.74, 6) is -1.33. The standard InChI is InChI=1S/C16H13F2NO2S2/c1-9-5-12-14(19-9)7-11(23(2,20)21)8-16(12)22-15-4-3-10(17)6-13(15)18/h3-8,19H,1-2H3. The van der Waals surface area contributed by atoms with Crippen LogP contribution in [0.3, 0.4) is 0 Å². The Morgan fingerprint density at radius 2 is 1.78 bits per heavy atom. The first kappa shape index (κ1) is 16.0. The Morgan fingerprint density at radius 3 is 2.43 bits per heavy atom. The first-order valence-corrected chi connectivity index (χ1v) is 9.41. The number of halogens is 2. The Bertz CT molecular complexity index is 1010. The Hall–Kier alpha value is -1.86. The zero-order chi connectivity index (χ0) is 16.8. The van der Waals surface area contributed by atoms with E-state index < -0.39 is 21.5 Å². The zero-order valence-electron chi connectivity index (χ0n) is 12.4. The van der Waals surface area contributed by atoms with Crippen molar-refractivity contribution in [2.75, 3.05) is 6.26 Å². The summed E-state index contributed by atoms with van der Waals surface area (Å²) in [4.78, 5) is 4.07. The number of benzene rings is 2. The topological polar surface area (TPSA) is 49.9 Å². The quantitative estimate of drug-likeness (QED) is 0.763. The molecule has 23 heavy (non-hydrogen) atoms. The monoisotopic (exact) mass is 353 g/mol. The molecule has 2 aromatic carbocycles. The molecule has 7 heteroatoms. The predicted molar refractivity (Wildman–Crippen MR) is 86.6 cm³/mol. The summed E-state index contributed by atoms with van der Waals surface area (Å²) >= 11 is 1.07. The molecule has 0 aliphatic carbocycles. The van der Waals surface area contributed by atoms with Crippen molar-refractivity contribution in [1.29, 1.82) is 0 Å². The van der Waals surface area contributed by atoms with Gasteiger partial charge in [-0.3, -0.25) is 0 Å². The number of H-pyrrole nitrogens is 1. The molecule has 3 nitrogen and oxygen atoms in total. The van der Waals surface area contributed by atoms with Crippen LogP contribution in [0, 0.1) is 18.6 Å². The Kier molecular flexibility index (Phi) is 3.93. The molecule has 1 N–H and O–H groups in total. The number of fused-ring (bicyclic) bond motifs is 1. The molecule has 3 rings (SSSR count). The second-order valence-corrected chi connectivity index (χ2v) is 8.38. The fourth-order valence-corrected chi connectivity index (χ4v) is 4.03. The van der Waals surface area contributed by atoms with Gasteiger partial charge in [-0.15, -0.1) is 0 Å². The molecule has 0 aliphatic heterocycles. The highest BCUT2D eigenvalue weighted by atomic mass is 32.2. The molecular weight excluding hydrogens is 340 g/mol. The molecule has 120 valence electrons. The highest BCUT2D eigenvalue weighted by molar-refractivity contribution is 7.99. The molecule has 0 bridgehead atoms. The smallest absolute Gasteiger partial charge is 0.175 e. The number of aryl methyl sites for hydroxylation is 1. The number of rotatable bonds is 3. The summed E-state index contributed by atoms with van der Waals surface area (Å²) in [5.41, 5.74) is 1.53. The Balaban J connectivity index is 2.18. The van der Waals surface area contributed by atoms with E-state index >= 15 is 0 Å². The van der Waals surface area contributed by atoms with Crippen LogP contribution in [0.15, 0.2) is 51.1 Å². The zero-order valence-corrected chi connectivity index (χ0v) is 14.0. The summed E-state index contributed by atoms with van der Waals surface area (Å²) in [6, 6.07) is 8.26. The number of nitrogens with one attached hydrogen (secondary N) is 1. The van der Waals surface area contributed by atoms with Gasteiger partial charge in [0.2, 0.25) is 0 Å². The first-order chi connectivity index (χ1) is 10.7. The summed E-state index contributed by atoms with van der Waals surface area (Å²) < 4.78 is 50.6. The second kappa shape index (κ2) is 5.65. The van der Waals surface area contributed by atoms with E-state index in [0.717, 1.165) is 35.2 Å². The summed E-state index contributed by atoms with van der Waals surface area (Å²) in [5, 5.41) is 0.795. The molecular formula is C16H13F2NO2S2. The third-order valence-corrected chi connectivity index (χ3v) is 5.55. The van der Waals surface area contributed by atoms with Crippen molar-refractivity contribution in [2.24, 2.45) is 0 Å². The Labute approximate surface area is 136 Å². The molecule has 1 aromatic heterocycles. The van der Waals surface area contributed by atoms with E-state index in [-0.39, 0.29) is 9.79 Å². The van der Waals surface area contributed by atoms with Gasteiger partial charge in [0.25, 0.3) is 0 Å². The van der Waals surface area contributed by atoms with E-state index in [2.05, 4.69) is 4.98 Å². The van der Waals surface area contributed by atoms with E-state index in [4.69, 9.17) is 0 Å². The van der Waals surface area contributed by atoms with E-state index in [0.29, 0.717) is 10.4 Å². The van der Waals surface area contributed by atoms with Crippen molar-refractivity contribution in [3.63, 3.8) is 0 Å². The summed E-state index contributed by atoms with van der Waals surface area (Å²) in [6.07, 6.45) is 1.12. The molecule has 0 atom stereocenters. The number of aromatic nitrogens is 1. The van der Waals surface area contributed by atoms with Crippen LogP contribution in [0.2, 0.25) is 0 Å². The molecule has 0 spiro atoms. The Morgan fingerprint density at radius 1 is 1.04 bits per heavy atom. The lowest BCUT2D eigenvalue weighted by Crippen LogP contribution is -1.97. The average molecular weight is 353 g/mol. The van der Waals surface area contributed by atoms with Crippen LogP contribution < -0.4 is 0 Å². The fourth-order valence-electron chi connectivity index (χ4n) is 2.29. The maximum absolute atomic E-state index is 13.9. The lowest BCUT2D eigenvalue weighted by atomic mass is 10.2. The van der Waals surface area contributed by atoms with Gasteiger partial charge in [0.05, 0.1) is 4.90 Å². The predicted octanol–water partition coefficient (Wildman–Crippen LogP) is 4.31. The highest BCUT2D eigenvalue weighted by Gasteiger charge is 2.15. The van der Waals surface area contributed by atoms with Crippen LogP contribution in [-0.4, -0.2) is 19.7 Å². The average Bonchev–Trinajstić information content (AvgIpc) is 2.81. The van der Waals surface area contributed by atoms with E-state index in [1.165, 1.54) is 18.2 Å². The van der Waals surface area contributed by atoms with Crippen molar-refractivity contribution in [2.45, 2.75) is 21.6 Å². The highest BCUT2D eigenvalue weighted by Crippen LogP contribution is 2.37. The second-order valence-electron chi connectivity index (χ2n) is 5.28. The van der Waals surface area contributed by atoms with Gasteiger partial charge in [-0.05, 0) is 37.3 Å². The molecule has 1 heterocycles. The normalized spacial score (nSPS) is 12.0. The fraction of sp³-hybridized carbons (Fsp3) is 0.125. The number of sulfone groups is 1. The van der Waals surface area contributed by atoms with Gasteiger partial charge < -0.3 is 4.98 Å². The minimum Gasteiger partial charge on any atom is -0.359 e. The SMILES string of the molecule is Cc1cc2c(Sc3ccc(F)cc3F)cc(S(C)(=O)=O)cc2[nH]1. The lowest BCUT2D eigenvalue weighted by molar-refractivity contribution is 0.565. The molecule has 0 aliphatic rings. The van der Waals surface area contributed by atoms with Crippen molar-refractivity contribution >= 4 is 32.5 Å². The largest absolute Gasteiger partial charge is 0.359 e. The molecule has 0 fully saturated rings. The van der Waals surface area contributed by atoms with E-state index in [1.54, 1.807) is 6.07 Å². The van der Waals surface area contributed by atoms with Crippen molar-refractivity contribution in [3.05, 3.63) is 53.7 Å². The molecule has 0 unspecified atom stereocenters. The van der Waals surface area contributed by atoms with Crippen LogP contribution in [0.5, 0.6) is 0 Å². The van der Waals surface area contributed by atoms with Crippen molar-refractivity contribution in [1.82, 2.24) is 4.98 Å². The van der Waals surface area contributed by atoms with Crippen molar-refractivity contribution in [3.8, 4) is 0 Å². The van der Waals surface area contributed by atoms with Gasteiger partial charge in [0.1, 0.15) is 11.6 Å². The van der Waals surface area contributed by atoms with Crippen LogP contribution in [0.4, 0.5) is 8.78 Å². The maximum Gasteiger partial charge on any atom is 0.175 e. The van der Waals surface area contributed by atoms with Gasteiger partial charge >= 0.3 is 0 Å². The number of aromatic amines is 1. The first-order valence-electron chi connectivity index (χ1n) is 6.70. The maximum atomic E-state index is 13.9. The van der Waals surface area contributed by atoms with Gasteiger partial charge in [-0.2, -0.15) is 0 Å². The van der Waals surface area contributed by atoms with E-state index in [1.807, 2.05) is 13.0 Å². The third kappa shape index (κ3) is 3.25. The summed E-state index contributed by atoms with van der Waals surface area (Å²) in [6.45, 7) is 1.85. The van der Waals surface area contributed by atoms with Gasteiger partial charge in [0, 0.05) is 38.7 Å². The van der Waals surface area contributed by atoms with Crippen LogP contribution >= 0.6 is 11.8 Å². The molecule has 0 amide bonds. The summed E-state index contributed by atoms with van der Waals surface area (Å²) in [7, 11) is -3.40. The molecule has 0 saturated carbocycles. The lowest BCUT2D eigenvalue weighted by Gasteiger charge is -2.07. The van der Waals surface area contributed by atoms with Crippen molar-refractivity contribution < 1.29 is 17.2 Å².